The first-order valence-corrected chi connectivity index (χ1v) is 9.38. The van der Waals surface area contributed by atoms with Crippen LogP contribution in [0.5, 0.6) is 11.5 Å². The highest BCUT2D eigenvalue weighted by molar-refractivity contribution is 6.31. The molecule has 0 aliphatic carbocycles. The lowest BCUT2D eigenvalue weighted by atomic mass is 10.0. The summed E-state index contributed by atoms with van der Waals surface area (Å²) in [5.41, 5.74) is 0.926. The zero-order valence-corrected chi connectivity index (χ0v) is 15.5. The van der Waals surface area contributed by atoms with E-state index in [-0.39, 0.29) is 17.5 Å². The minimum Gasteiger partial charge on any atom is -0.486 e. The molecule has 1 N–H and O–H groups in total. The molecule has 2 aromatic rings. The second kappa shape index (κ2) is 7.64. The number of benzene rings is 2. The third-order valence-corrected chi connectivity index (χ3v) is 5.02. The standard InChI is InChI=1S/C20H20ClFN2O3/c21-13-3-5-17(22)16(10-13)20(25)24-7-1-2-15(12-24)23-14-4-6-18-19(11-14)27-9-8-26-18/h3-6,10-11,15,23H,1-2,7-9,12H2/t15-/m1/s1. The fraction of sp³-hybridized carbons (Fsp3) is 0.350. The van der Waals surface area contributed by atoms with Crippen LogP contribution in [0.15, 0.2) is 36.4 Å². The summed E-state index contributed by atoms with van der Waals surface area (Å²) in [7, 11) is 0. The third kappa shape index (κ3) is 3.95. The lowest BCUT2D eigenvalue weighted by Crippen LogP contribution is -2.45. The van der Waals surface area contributed by atoms with Crippen molar-refractivity contribution < 1.29 is 18.7 Å². The van der Waals surface area contributed by atoms with Gasteiger partial charge >= 0.3 is 0 Å². The van der Waals surface area contributed by atoms with E-state index in [0.29, 0.717) is 31.3 Å². The van der Waals surface area contributed by atoms with Gasteiger partial charge in [0.2, 0.25) is 0 Å². The smallest absolute Gasteiger partial charge is 0.256 e. The van der Waals surface area contributed by atoms with E-state index in [1.54, 1.807) is 4.90 Å². The molecule has 0 bridgehead atoms. The number of halogens is 2. The fourth-order valence-corrected chi connectivity index (χ4v) is 3.65. The van der Waals surface area contributed by atoms with Crippen molar-refractivity contribution in [1.29, 1.82) is 0 Å². The van der Waals surface area contributed by atoms with Crippen LogP contribution in [-0.4, -0.2) is 43.2 Å². The third-order valence-electron chi connectivity index (χ3n) is 4.78. The average molecular weight is 391 g/mol. The van der Waals surface area contributed by atoms with Crippen LogP contribution in [0.3, 0.4) is 0 Å². The molecule has 5 nitrogen and oxygen atoms in total. The Hall–Kier alpha value is -2.47. The highest BCUT2D eigenvalue weighted by Gasteiger charge is 2.26. The number of nitrogens with one attached hydrogen (secondary N) is 1. The van der Waals surface area contributed by atoms with Crippen LogP contribution >= 0.6 is 11.6 Å². The Balaban J connectivity index is 1.45. The zero-order valence-electron chi connectivity index (χ0n) is 14.7. The van der Waals surface area contributed by atoms with Gasteiger partial charge in [-0.25, -0.2) is 4.39 Å². The Kier molecular flexibility index (Phi) is 5.07. The van der Waals surface area contributed by atoms with Gasteiger partial charge in [0.25, 0.3) is 5.91 Å². The van der Waals surface area contributed by atoms with E-state index < -0.39 is 5.82 Å². The van der Waals surface area contributed by atoms with Crippen LogP contribution in [0.1, 0.15) is 23.2 Å². The molecule has 1 amide bonds. The summed E-state index contributed by atoms with van der Waals surface area (Å²) < 4.78 is 25.2. The summed E-state index contributed by atoms with van der Waals surface area (Å²) in [5.74, 6) is 0.578. The van der Waals surface area contributed by atoms with E-state index in [1.165, 1.54) is 18.2 Å². The van der Waals surface area contributed by atoms with Crippen molar-refractivity contribution in [2.24, 2.45) is 0 Å². The van der Waals surface area contributed by atoms with Gasteiger partial charge in [-0.05, 0) is 43.2 Å². The molecule has 142 valence electrons. The average Bonchev–Trinajstić information content (AvgIpc) is 2.69. The predicted molar refractivity (Wildman–Crippen MR) is 101 cm³/mol. The molecule has 1 fully saturated rings. The number of piperidine rings is 1. The SMILES string of the molecule is O=C(c1cc(Cl)ccc1F)N1CCC[C@@H](Nc2ccc3c(c2)OCCO3)C1. The number of fused-ring (bicyclic) bond motifs is 1. The molecule has 1 atom stereocenters. The van der Waals surface area contributed by atoms with E-state index in [4.69, 9.17) is 21.1 Å². The number of likely N-dealkylation sites (tertiary alicyclic amines) is 1. The van der Waals surface area contributed by atoms with Crippen molar-refractivity contribution in [3.8, 4) is 11.5 Å². The molecule has 2 aliphatic rings. The molecule has 0 spiro atoms. The second-order valence-corrected chi connectivity index (χ2v) is 7.15. The fourth-order valence-electron chi connectivity index (χ4n) is 3.48. The van der Waals surface area contributed by atoms with Crippen LogP contribution in [0.25, 0.3) is 0 Å². The van der Waals surface area contributed by atoms with Gasteiger partial charge in [0, 0.05) is 35.9 Å². The Morgan fingerprint density at radius 2 is 1.96 bits per heavy atom. The lowest BCUT2D eigenvalue weighted by Gasteiger charge is -2.34. The molecular weight excluding hydrogens is 371 g/mol. The summed E-state index contributed by atoms with van der Waals surface area (Å²) >= 11 is 5.92. The van der Waals surface area contributed by atoms with Crippen LogP contribution in [-0.2, 0) is 0 Å². The number of carbonyl (C=O) groups is 1. The van der Waals surface area contributed by atoms with Gasteiger partial charge in [-0.3, -0.25) is 4.79 Å². The number of ether oxygens (including phenoxy) is 2. The molecule has 4 rings (SSSR count). The van der Waals surface area contributed by atoms with Gasteiger partial charge in [0.05, 0.1) is 5.56 Å². The predicted octanol–water partition coefficient (Wildman–Crippen LogP) is 3.97. The van der Waals surface area contributed by atoms with E-state index in [0.717, 1.165) is 30.0 Å². The van der Waals surface area contributed by atoms with Crippen LogP contribution in [0.2, 0.25) is 5.02 Å². The molecule has 2 aliphatic heterocycles. The lowest BCUT2D eigenvalue weighted by molar-refractivity contribution is 0.0710. The maximum Gasteiger partial charge on any atom is 0.256 e. The largest absolute Gasteiger partial charge is 0.486 e. The van der Waals surface area contributed by atoms with Crippen LogP contribution in [0.4, 0.5) is 10.1 Å². The summed E-state index contributed by atoms with van der Waals surface area (Å²) in [6, 6.07) is 9.85. The van der Waals surface area contributed by atoms with Crippen LogP contribution < -0.4 is 14.8 Å². The van der Waals surface area contributed by atoms with Crippen LogP contribution in [0, 0.1) is 5.82 Å². The molecule has 27 heavy (non-hydrogen) atoms. The number of rotatable bonds is 3. The van der Waals surface area contributed by atoms with Crippen molar-refractivity contribution in [2.45, 2.75) is 18.9 Å². The molecule has 7 heteroatoms. The van der Waals surface area contributed by atoms with Gasteiger partial charge in [0.15, 0.2) is 11.5 Å². The first-order chi connectivity index (χ1) is 13.1. The van der Waals surface area contributed by atoms with Gasteiger partial charge in [0.1, 0.15) is 19.0 Å². The van der Waals surface area contributed by atoms with E-state index in [1.807, 2.05) is 18.2 Å². The van der Waals surface area contributed by atoms with Crippen molar-refractivity contribution in [3.05, 3.63) is 52.8 Å². The van der Waals surface area contributed by atoms with Gasteiger partial charge in [-0.1, -0.05) is 11.6 Å². The number of nitrogens with zero attached hydrogens (tertiary/aromatic N) is 1. The minimum absolute atomic E-state index is 0.0162. The highest BCUT2D eigenvalue weighted by atomic mass is 35.5. The van der Waals surface area contributed by atoms with Crippen molar-refractivity contribution in [1.82, 2.24) is 4.90 Å². The molecule has 0 aromatic heterocycles. The monoisotopic (exact) mass is 390 g/mol. The summed E-state index contributed by atoms with van der Waals surface area (Å²) in [6.07, 6.45) is 1.77. The minimum atomic E-state index is -0.550. The maximum atomic E-state index is 14.0. The van der Waals surface area contributed by atoms with Gasteiger partial charge in [-0.15, -0.1) is 0 Å². The maximum absolute atomic E-state index is 14.0. The molecule has 2 aromatic carbocycles. The topological polar surface area (TPSA) is 50.8 Å². The number of amides is 1. The zero-order chi connectivity index (χ0) is 18.8. The van der Waals surface area contributed by atoms with Crippen molar-refractivity contribution in [2.75, 3.05) is 31.6 Å². The Morgan fingerprint density at radius 3 is 2.81 bits per heavy atom. The molecule has 1 saturated heterocycles. The molecule has 0 radical (unpaired) electrons. The Labute approximate surface area is 162 Å². The number of hydrogen-bond donors (Lipinski definition) is 1. The number of hydrogen-bond acceptors (Lipinski definition) is 4. The summed E-state index contributed by atoms with van der Waals surface area (Å²) in [4.78, 5) is 14.4. The van der Waals surface area contributed by atoms with Crippen molar-refractivity contribution >= 4 is 23.2 Å². The van der Waals surface area contributed by atoms with E-state index in [9.17, 15) is 9.18 Å². The van der Waals surface area contributed by atoms with E-state index >= 15 is 0 Å². The second-order valence-electron chi connectivity index (χ2n) is 6.72. The first kappa shape index (κ1) is 17.9. The molecule has 2 heterocycles. The van der Waals surface area contributed by atoms with Gasteiger partial charge in [-0.2, -0.15) is 0 Å². The Bertz CT molecular complexity index is 861. The van der Waals surface area contributed by atoms with Crippen molar-refractivity contribution in [3.63, 3.8) is 0 Å². The number of carbonyl (C=O) groups excluding carboxylic acids is 1. The molecular formula is C20H20ClFN2O3. The molecule has 0 saturated carbocycles. The first-order valence-electron chi connectivity index (χ1n) is 9.00. The molecule has 0 unspecified atom stereocenters. The Morgan fingerprint density at radius 1 is 1.15 bits per heavy atom. The number of anilines is 1. The highest BCUT2D eigenvalue weighted by Crippen LogP contribution is 2.33. The van der Waals surface area contributed by atoms with E-state index in [2.05, 4.69) is 5.32 Å². The summed E-state index contributed by atoms with van der Waals surface area (Å²) in [5, 5.41) is 3.79. The summed E-state index contributed by atoms with van der Waals surface area (Å²) in [6.45, 7) is 2.19. The quantitative estimate of drug-likeness (QED) is 0.861. The normalized spacial score (nSPS) is 18.9. The van der Waals surface area contributed by atoms with Gasteiger partial charge < -0.3 is 19.7 Å².